The van der Waals surface area contributed by atoms with Gasteiger partial charge in [-0.05, 0) is 49.6 Å². The molecule has 0 bridgehead atoms. The monoisotopic (exact) mass is 199 g/mol. The summed E-state index contributed by atoms with van der Waals surface area (Å²) < 4.78 is 0. The maximum atomic E-state index is 9.65. The minimum absolute atomic E-state index is 0.176. The third kappa shape index (κ3) is 1.95. The zero-order valence-electron chi connectivity index (χ0n) is 7.89. The Kier molecular flexibility index (Phi) is 3.17. The highest BCUT2D eigenvalue weighted by Gasteiger charge is 2.10. The van der Waals surface area contributed by atoms with Crippen molar-refractivity contribution >= 4 is 11.6 Å². The number of hydrogen-bond acceptors (Lipinski definition) is 2. The van der Waals surface area contributed by atoms with Crippen LogP contribution in [-0.2, 0) is 6.42 Å². The van der Waals surface area contributed by atoms with Gasteiger partial charge >= 0.3 is 0 Å². The Bertz CT molecular complexity index is 297. The maximum Gasteiger partial charge on any atom is 0.137 e. The minimum Gasteiger partial charge on any atom is -0.506 e. The van der Waals surface area contributed by atoms with Gasteiger partial charge in [-0.1, -0.05) is 11.6 Å². The first kappa shape index (κ1) is 10.4. The second kappa shape index (κ2) is 3.99. The molecule has 0 amide bonds. The SMILES string of the molecule is Cc1cc(Cl)c(O)c(CCN)c1C. The van der Waals surface area contributed by atoms with Crippen molar-refractivity contribution < 1.29 is 5.11 Å². The van der Waals surface area contributed by atoms with E-state index < -0.39 is 0 Å². The molecule has 0 aliphatic carbocycles. The molecule has 3 heteroatoms. The second-order valence-electron chi connectivity index (χ2n) is 3.17. The van der Waals surface area contributed by atoms with Gasteiger partial charge in [0, 0.05) is 0 Å². The van der Waals surface area contributed by atoms with Crippen LogP contribution in [0.3, 0.4) is 0 Å². The zero-order chi connectivity index (χ0) is 10.0. The molecule has 0 radical (unpaired) electrons. The van der Waals surface area contributed by atoms with Crippen LogP contribution in [0.2, 0.25) is 5.02 Å². The summed E-state index contributed by atoms with van der Waals surface area (Å²) in [4.78, 5) is 0. The quantitative estimate of drug-likeness (QED) is 0.767. The highest BCUT2D eigenvalue weighted by Crippen LogP contribution is 2.32. The molecule has 0 spiro atoms. The summed E-state index contributed by atoms with van der Waals surface area (Å²) in [5.41, 5.74) is 8.48. The van der Waals surface area contributed by atoms with Gasteiger partial charge in [-0.2, -0.15) is 0 Å². The molecule has 0 unspecified atom stereocenters. The first-order valence-electron chi connectivity index (χ1n) is 4.25. The van der Waals surface area contributed by atoms with E-state index in [0.29, 0.717) is 18.0 Å². The molecule has 0 atom stereocenters. The molecule has 0 saturated carbocycles. The topological polar surface area (TPSA) is 46.2 Å². The van der Waals surface area contributed by atoms with Crippen LogP contribution in [0.25, 0.3) is 0 Å². The van der Waals surface area contributed by atoms with Gasteiger partial charge < -0.3 is 10.8 Å². The fraction of sp³-hybridized carbons (Fsp3) is 0.400. The first-order chi connectivity index (χ1) is 6.07. The summed E-state index contributed by atoms with van der Waals surface area (Å²) in [6.45, 7) is 4.46. The number of nitrogens with two attached hydrogens (primary N) is 1. The van der Waals surface area contributed by atoms with Crippen molar-refractivity contribution in [3.05, 3.63) is 27.8 Å². The number of aryl methyl sites for hydroxylation is 1. The molecule has 0 heterocycles. The Morgan fingerprint density at radius 3 is 2.62 bits per heavy atom. The third-order valence-electron chi connectivity index (χ3n) is 2.29. The zero-order valence-corrected chi connectivity index (χ0v) is 8.65. The largest absolute Gasteiger partial charge is 0.506 e. The van der Waals surface area contributed by atoms with Crippen molar-refractivity contribution in [2.75, 3.05) is 6.54 Å². The average molecular weight is 200 g/mol. The number of phenolic OH excluding ortho intramolecular Hbond substituents is 1. The summed E-state index contributed by atoms with van der Waals surface area (Å²) in [7, 11) is 0. The lowest BCUT2D eigenvalue weighted by Crippen LogP contribution is -2.05. The van der Waals surface area contributed by atoms with Crippen LogP contribution in [-0.4, -0.2) is 11.7 Å². The Morgan fingerprint density at radius 1 is 1.46 bits per heavy atom. The highest BCUT2D eigenvalue weighted by molar-refractivity contribution is 6.32. The molecule has 0 aliphatic heterocycles. The Labute approximate surface area is 83.3 Å². The Morgan fingerprint density at radius 2 is 2.08 bits per heavy atom. The maximum absolute atomic E-state index is 9.65. The van der Waals surface area contributed by atoms with E-state index in [4.69, 9.17) is 17.3 Å². The number of halogens is 1. The van der Waals surface area contributed by atoms with E-state index in [1.54, 1.807) is 6.07 Å². The van der Waals surface area contributed by atoms with Gasteiger partial charge in [0.2, 0.25) is 0 Å². The van der Waals surface area contributed by atoms with Crippen LogP contribution in [0.15, 0.2) is 6.07 Å². The van der Waals surface area contributed by atoms with E-state index in [1.807, 2.05) is 13.8 Å². The molecular formula is C10H14ClNO. The number of phenols is 1. The molecule has 3 N–H and O–H groups in total. The van der Waals surface area contributed by atoms with Crippen molar-refractivity contribution in [3.8, 4) is 5.75 Å². The van der Waals surface area contributed by atoms with E-state index in [-0.39, 0.29) is 5.75 Å². The van der Waals surface area contributed by atoms with Crippen molar-refractivity contribution in [2.24, 2.45) is 5.73 Å². The van der Waals surface area contributed by atoms with Gasteiger partial charge in [0.1, 0.15) is 5.75 Å². The van der Waals surface area contributed by atoms with E-state index in [2.05, 4.69) is 0 Å². The molecule has 2 nitrogen and oxygen atoms in total. The number of hydrogen-bond donors (Lipinski definition) is 2. The van der Waals surface area contributed by atoms with Crippen molar-refractivity contribution in [1.82, 2.24) is 0 Å². The Hall–Kier alpha value is -0.730. The fourth-order valence-electron chi connectivity index (χ4n) is 1.38. The normalized spacial score (nSPS) is 10.5. The van der Waals surface area contributed by atoms with Crippen LogP contribution in [0.4, 0.5) is 0 Å². The van der Waals surface area contributed by atoms with E-state index >= 15 is 0 Å². The van der Waals surface area contributed by atoms with Crippen LogP contribution >= 0.6 is 11.6 Å². The standard InChI is InChI=1S/C10H14ClNO/c1-6-5-9(11)10(13)8(3-4-12)7(6)2/h5,13H,3-4,12H2,1-2H3. The predicted octanol–water partition coefficient (Wildman–Crippen LogP) is 2.16. The summed E-state index contributed by atoms with van der Waals surface area (Å²) >= 11 is 5.84. The van der Waals surface area contributed by atoms with Crippen LogP contribution in [0.1, 0.15) is 16.7 Å². The predicted molar refractivity (Wildman–Crippen MR) is 55.3 cm³/mol. The van der Waals surface area contributed by atoms with E-state index in [1.165, 1.54) is 0 Å². The smallest absolute Gasteiger partial charge is 0.137 e. The lowest BCUT2D eigenvalue weighted by molar-refractivity contribution is 0.467. The molecular weight excluding hydrogens is 186 g/mol. The van der Waals surface area contributed by atoms with Crippen molar-refractivity contribution in [2.45, 2.75) is 20.3 Å². The molecule has 1 rings (SSSR count). The lowest BCUT2D eigenvalue weighted by Gasteiger charge is -2.11. The third-order valence-corrected chi connectivity index (χ3v) is 2.58. The molecule has 0 saturated heterocycles. The molecule has 1 aromatic rings. The molecule has 13 heavy (non-hydrogen) atoms. The van der Waals surface area contributed by atoms with Gasteiger partial charge in [-0.3, -0.25) is 0 Å². The summed E-state index contributed by atoms with van der Waals surface area (Å²) in [6.07, 6.45) is 0.666. The van der Waals surface area contributed by atoms with Crippen molar-refractivity contribution in [1.29, 1.82) is 0 Å². The summed E-state index contributed by atoms with van der Waals surface area (Å²) in [6, 6.07) is 1.77. The van der Waals surface area contributed by atoms with Crippen LogP contribution in [0.5, 0.6) is 5.75 Å². The molecule has 0 aliphatic rings. The number of rotatable bonds is 2. The molecule has 72 valence electrons. The fourth-order valence-corrected chi connectivity index (χ4v) is 1.65. The van der Waals surface area contributed by atoms with Gasteiger partial charge in [0.25, 0.3) is 0 Å². The van der Waals surface area contributed by atoms with Gasteiger partial charge in [-0.25, -0.2) is 0 Å². The van der Waals surface area contributed by atoms with Crippen LogP contribution < -0.4 is 5.73 Å². The number of aromatic hydroxyl groups is 1. The van der Waals surface area contributed by atoms with Crippen LogP contribution in [0, 0.1) is 13.8 Å². The van der Waals surface area contributed by atoms with Gasteiger partial charge in [-0.15, -0.1) is 0 Å². The second-order valence-corrected chi connectivity index (χ2v) is 3.57. The first-order valence-corrected chi connectivity index (χ1v) is 4.63. The summed E-state index contributed by atoms with van der Waals surface area (Å²) in [5.74, 6) is 0.176. The molecule has 0 aromatic heterocycles. The lowest BCUT2D eigenvalue weighted by atomic mass is 10.00. The molecule has 0 fully saturated rings. The van der Waals surface area contributed by atoms with E-state index in [0.717, 1.165) is 16.7 Å². The van der Waals surface area contributed by atoms with Gasteiger partial charge in [0.05, 0.1) is 5.02 Å². The minimum atomic E-state index is 0.176. The molecule has 1 aromatic carbocycles. The highest BCUT2D eigenvalue weighted by atomic mass is 35.5. The van der Waals surface area contributed by atoms with E-state index in [9.17, 15) is 5.11 Å². The summed E-state index contributed by atoms with van der Waals surface area (Å²) in [5, 5.41) is 10.1. The van der Waals surface area contributed by atoms with Crippen molar-refractivity contribution in [3.63, 3.8) is 0 Å². The van der Waals surface area contributed by atoms with Gasteiger partial charge in [0.15, 0.2) is 0 Å². The Balaban J connectivity index is 3.28. The number of benzene rings is 1. The average Bonchev–Trinajstić information content (AvgIpc) is 2.09.